The predicted octanol–water partition coefficient (Wildman–Crippen LogP) is 1.98. The van der Waals surface area contributed by atoms with Crippen LogP contribution in [0.25, 0.3) is 0 Å². The van der Waals surface area contributed by atoms with Crippen LogP contribution in [-0.4, -0.2) is 24.0 Å². The van der Waals surface area contributed by atoms with E-state index in [1.807, 2.05) is 24.3 Å². The van der Waals surface area contributed by atoms with Gasteiger partial charge in [-0.1, -0.05) is 12.1 Å². The van der Waals surface area contributed by atoms with E-state index in [4.69, 9.17) is 0 Å². The molecule has 2 N–H and O–H groups in total. The van der Waals surface area contributed by atoms with Gasteiger partial charge in [0.15, 0.2) is 0 Å². The van der Waals surface area contributed by atoms with Crippen molar-refractivity contribution >= 4 is 28.5 Å². The minimum Gasteiger partial charge on any atom is -0.339 e. The summed E-state index contributed by atoms with van der Waals surface area (Å²) < 4.78 is 1.17. The lowest BCUT2D eigenvalue weighted by Crippen LogP contribution is -2.50. The van der Waals surface area contributed by atoms with Crippen molar-refractivity contribution in [2.24, 2.45) is 5.92 Å². The average molecular weight is 395 g/mol. The van der Waals surface area contributed by atoms with Gasteiger partial charge in [0.05, 0.1) is 12.1 Å². The maximum Gasteiger partial charge on any atom is 0.238 e. The van der Waals surface area contributed by atoms with Crippen molar-refractivity contribution in [2.75, 3.05) is 0 Å². The Hall–Kier alpha value is -1.13. The SMILES string of the molecule is N#C[C@H](Cc1ccc(I)cc1)NC(=O)[C@H]1N[C@@H]2CCC1C2. The van der Waals surface area contributed by atoms with Gasteiger partial charge in [0.1, 0.15) is 6.04 Å². The fourth-order valence-electron chi connectivity index (χ4n) is 3.40. The number of fused-ring (bicyclic) bond motifs is 2. The van der Waals surface area contributed by atoms with Crippen LogP contribution in [0.5, 0.6) is 0 Å². The fourth-order valence-corrected chi connectivity index (χ4v) is 3.76. The summed E-state index contributed by atoms with van der Waals surface area (Å²) >= 11 is 2.25. The maximum absolute atomic E-state index is 12.3. The zero-order valence-corrected chi connectivity index (χ0v) is 13.8. The second-order valence-corrected chi connectivity index (χ2v) is 7.18. The Kier molecular flexibility index (Phi) is 4.45. The Balaban J connectivity index is 1.58. The highest BCUT2D eigenvalue weighted by Gasteiger charge is 2.42. The van der Waals surface area contributed by atoms with Crippen molar-refractivity contribution in [2.45, 2.75) is 43.8 Å². The van der Waals surface area contributed by atoms with E-state index in [0.29, 0.717) is 18.4 Å². The second-order valence-electron chi connectivity index (χ2n) is 5.94. The molecule has 1 heterocycles. The zero-order chi connectivity index (χ0) is 14.8. The Bertz CT molecular complexity index is 566. The van der Waals surface area contributed by atoms with E-state index in [9.17, 15) is 10.1 Å². The molecule has 3 rings (SSSR count). The molecular formula is C16H18IN3O. The first-order valence-corrected chi connectivity index (χ1v) is 8.44. The number of piperidine rings is 1. The van der Waals surface area contributed by atoms with Gasteiger partial charge in [-0.25, -0.2) is 0 Å². The summed E-state index contributed by atoms with van der Waals surface area (Å²) in [6.07, 6.45) is 3.97. The van der Waals surface area contributed by atoms with Crippen molar-refractivity contribution in [1.29, 1.82) is 5.26 Å². The number of nitriles is 1. The molecule has 5 heteroatoms. The number of hydrogen-bond acceptors (Lipinski definition) is 3. The first-order chi connectivity index (χ1) is 10.2. The number of carbonyl (C=O) groups excluding carboxylic acids is 1. The van der Waals surface area contributed by atoms with E-state index >= 15 is 0 Å². The van der Waals surface area contributed by atoms with E-state index in [1.165, 1.54) is 9.99 Å². The number of nitrogens with zero attached hydrogens (tertiary/aromatic N) is 1. The van der Waals surface area contributed by atoms with Crippen LogP contribution >= 0.6 is 22.6 Å². The normalized spacial score (nSPS) is 28.1. The van der Waals surface area contributed by atoms with Crippen LogP contribution < -0.4 is 10.6 Å². The number of benzene rings is 1. The lowest BCUT2D eigenvalue weighted by atomic mass is 9.98. The molecular weight excluding hydrogens is 377 g/mol. The predicted molar refractivity (Wildman–Crippen MR) is 88.5 cm³/mol. The first-order valence-electron chi connectivity index (χ1n) is 7.36. The van der Waals surface area contributed by atoms with E-state index in [-0.39, 0.29) is 11.9 Å². The third kappa shape index (κ3) is 3.38. The lowest BCUT2D eigenvalue weighted by molar-refractivity contribution is -0.124. The van der Waals surface area contributed by atoms with Crippen molar-refractivity contribution in [3.05, 3.63) is 33.4 Å². The van der Waals surface area contributed by atoms with Crippen LogP contribution in [0.2, 0.25) is 0 Å². The minimum absolute atomic E-state index is 0.0146. The molecule has 4 nitrogen and oxygen atoms in total. The number of halogens is 1. The molecule has 1 aromatic rings. The number of hydrogen-bond donors (Lipinski definition) is 2. The molecule has 1 aromatic carbocycles. The summed E-state index contributed by atoms with van der Waals surface area (Å²) in [5.41, 5.74) is 1.07. The number of amides is 1. The second kappa shape index (κ2) is 6.32. The van der Waals surface area contributed by atoms with Crippen LogP contribution in [0, 0.1) is 20.8 Å². The summed E-state index contributed by atoms with van der Waals surface area (Å²) in [4.78, 5) is 12.3. The summed E-state index contributed by atoms with van der Waals surface area (Å²) in [7, 11) is 0. The highest BCUT2D eigenvalue weighted by Crippen LogP contribution is 2.35. The van der Waals surface area contributed by atoms with Gasteiger partial charge in [-0.3, -0.25) is 4.79 Å². The summed E-state index contributed by atoms with van der Waals surface area (Å²) in [5, 5.41) is 15.5. The molecule has 110 valence electrons. The van der Waals surface area contributed by atoms with Gasteiger partial charge in [0.25, 0.3) is 0 Å². The highest BCUT2D eigenvalue weighted by molar-refractivity contribution is 14.1. The molecule has 1 saturated heterocycles. The number of nitrogens with one attached hydrogen (secondary N) is 2. The monoisotopic (exact) mass is 395 g/mol. The Morgan fingerprint density at radius 2 is 2.19 bits per heavy atom. The van der Waals surface area contributed by atoms with Gasteiger partial charge in [0.2, 0.25) is 5.91 Å². The van der Waals surface area contributed by atoms with Crippen molar-refractivity contribution in [1.82, 2.24) is 10.6 Å². The van der Waals surface area contributed by atoms with Gasteiger partial charge in [-0.2, -0.15) is 5.26 Å². The third-order valence-electron chi connectivity index (χ3n) is 4.47. The van der Waals surface area contributed by atoms with Gasteiger partial charge < -0.3 is 10.6 Å². The standard InChI is InChI=1S/C16H18IN3O/c17-12-4-1-10(2-5-12)7-14(9-18)20-16(21)15-11-3-6-13(8-11)19-15/h1-2,4-5,11,13-15,19H,3,6-8H2,(H,20,21)/t11?,13-,14+,15+/m1/s1. The fraction of sp³-hybridized carbons (Fsp3) is 0.500. The van der Waals surface area contributed by atoms with Crippen LogP contribution in [0.3, 0.4) is 0 Å². The smallest absolute Gasteiger partial charge is 0.238 e. The molecule has 0 radical (unpaired) electrons. The molecule has 1 amide bonds. The quantitative estimate of drug-likeness (QED) is 0.767. The first kappa shape index (κ1) is 14.8. The van der Waals surface area contributed by atoms with E-state index < -0.39 is 6.04 Å². The molecule has 1 saturated carbocycles. The number of carbonyl (C=O) groups is 1. The van der Waals surface area contributed by atoms with Crippen LogP contribution in [0.1, 0.15) is 24.8 Å². The highest BCUT2D eigenvalue weighted by atomic mass is 127. The van der Waals surface area contributed by atoms with E-state index in [0.717, 1.165) is 18.4 Å². The Morgan fingerprint density at radius 1 is 1.43 bits per heavy atom. The van der Waals surface area contributed by atoms with Crippen molar-refractivity contribution in [3.63, 3.8) is 0 Å². The molecule has 1 unspecified atom stereocenters. The van der Waals surface area contributed by atoms with Gasteiger partial charge in [-0.15, -0.1) is 0 Å². The van der Waals surface area contributed by atoms with Crippen LogP contribution in [0.4, 0.5) is 0 Å². The molecule has 1 aliphatic carbocycles. The molecule has 4 atom stereocenters. The Morgan fingerprint density at radius 3 is 2.76 bits per heavy atom. The topological polar surface area (TPSA) is 64.9 Å². The maximum atomic E-state index is 12.3. The summed E-state index contributed by atoms with van der Waals surface area (Å²) in [6.45, 7) is 0. The molecule has 1 aliphatic heterocycles. The van der Waals surface area contributed by atoms with E-state index in [2.05, 4.69) is 39.3 Å². The third-order valence-corrected chi connectivity index (χ3v) is 5.19. The molecule has 0 spiro atoms. The minimum atomic E-state index is -0.460. The van der Waals surface area contributed by atoms with Gasteiger partial charge >= 0.3 is 0 Å². The van der Waals surface area contributed by atoms with Crippen LogP contribution in [-0.2, 0) is 11.2 Å². The average Bonchev–Trinajstić information content (AvgIpc) is 3.11. The number of rotatable bonds is 4. The molecule has 2 aliphatic rings. The van der Waals surface area contributed by atoms with Crippen molar-refractivity contribution < 1.29 is 4.79 Å². The molecule has 0 aromatic heterocycles. The van der Waals surface area contributed by atoms with Crippen LogP contribution in [0.15, 0.2) is 24.3 Å². The van der Waals surface area contributed by atoms with Gasteiger partial charge in [0, 0.05) is 16.0 Å². The molecule has 21 heavy (non-hydrogen) atoms. The largest absolute Gasteiger partial charge is 0.339 e. The zero-order valence-electron chi connectivity index (χ0n) is 11.7. The van der Waals surface area contributed by atoms with Gasteiger partial charge in [-0.05, 0) is 65.5 Å². The summed E-state index contributed by atoms with van der Waals surface area (Å²) in [5.74, 6) is 0.437. The summed E-state index contributed by atoms with van der Waals surface area (Å²) in [6, 6.07) is 10.2. The lowest BCUT2D eigenvalue weighted by Gasteiger charge is -2.23. The molecule has 2 bridgehead atoms. The molecule has 2 fully saturated rings. The van der Waals surface area contributed by atoms with Crippen molar-refractivity contribution in [3.8, 4) is 6.07 Å². The Labute approximate surface area is 138 Å². The van der Waals surface area contributed by atoms with E-state index in [1.54, 1.807) is 0 Å².